The molecular formula is C12H15NO3. The standard InChI is InChI=1S/C12H15NO3/c1-15-11-6-8-3-4-13-7-9(8)5-10(11)12(14)16-2/h5-6,13H,3-4,7H2,1-2H3. The van der Waals surface area contributed by atoms with Crippen molar-refractivity contribution in [3.8, 4) is 5.75 Å². The third-order valence-electron chi connectivity index (χ3n) is 2.81. The zero-order valence-corrected chi connectivity index (χ0v) is 9.50. The van der Waals surface area contributed by atoms with Gasteiger partial charge in [0.2, 0.25) is 0 Å². The number of hydrogen-bond donors (Lipinski definition) is 1. The number of nitrogens with one attached hydrogen (secondary N) is 1. The van der Waals surface area contributed by atoms with Crippen LogP contribution in [-0.2, 0) is 17.7 Å². The molecule has 0 saturated heterocycles. The Morgan fingerprint density at radius 3 is 2.81 bits per heavy atom. The molecule has 86 valence electrons. The van der Waals surface area contributed by atoms with Crippen LogP contribution in [0.2, 0.25) is 0 Å². The fourth-order valence-electron chi connectivity index (χ4n) is 1.95. The molecule has 4 nitrogen and oxygen atoms in total. The molecule has 1 aliphatic rings. The molecule has 0 spiro atoms. The maximum atomic E-state index is 11.6. The van der Waals surface area contributed by atoms with Gasteiger partial charge < -0.3 is 14.8 Å². The van der Waals surface area contributed by atoms with Crippen molar-refractivity contribution < 1.29 is 14.3 Å². The van der Waals surface area contributed by atoms with Crippen LogP contribution in [0.1, 0.15) is 21.5 Å². The van der Waals surface area contributed by atoms with Gasteiger partial charge in [-0.1, -0.05) is 0 Å². The number of fused-ring (bicyclic) bond motifs is 1. The van der Waals surface area contributed by atoms with Crippen molar-refractivity contribution in [1.29, 1.82) is 0 Å². The van der Waals surface area contributed by atoms with Crippen LogP contribution >= 0.6 is 0 Å². The van der Waals surface area contributed by atoms with E-state index in [0.717, 1.165) is 25.1 Å². The summed E-state index contributed by atoms with van der Waals surface area (Å²) in [6, 6.07) is 3.79. The predicted octanol–water partition coefficient (Wildman–Crippen LogP) is 1.13. The maximum Gasteiger partial charge on any atom is 0.341 e. The average Bonchev–Trinajstić information content (AvgIpc) is 2.36. The first kappa shape index (κ1) is 11.0. The summed E-state index contributed by atoms with van der Waals surface area (Å²) >= 11 is 0. The van der Waals surface area contributed by atoms with Crippen LogP contribution in [0.25, 0.3) is 0 Å². The molecule has 1 aliphatic heterocycles. The van der Waals surface area contributed by atoms with Gasteiger partial charge >= 0.3 is 5.97 Å². The van der Waals surface area contributed by atoms with Crippen LogP contribution in [0, 0.1) is 0 Å². The molecule has 1 aromatic carbocycles. The number of methoxy groups -OCH3 is 2. The third-order valence-corrected chi connectivity index (χ3v) is 2.81. The van der Waals surface area contributed by atoms with Crippen molar-refractivity contribution >= 4 is 5.97 Å². The molecule has 0 saturated carbocycles. The van der Waals surface area contributed by atoms with E-state index in [1.165, 1.54) is 12.7 Å². The van der Waals surface area contributed by atoms with Gasteiger partial charge in [-0.3, -0.25) is 0 Å². The van der Waals surface area contributed by atoms with Gasteiger partial charge in [0.1, 0.15) is 11.3 Å². The van der Waals surface area contributed by atoms with Gasteiger partial charge in [0, 0.05) is 6.54 Å². The minimum Gasteiger partial charge on any atom is -0.496 e. The number of benzene rings is 1. The van der Waals surface area contributed by atoms with Gasteiger partial charge in [0.25, 0.3) is 0 Å². The highest BCUT2D eigenvalue weighted by molar-refractivity contribution is 5.92. The van der Waals surface area contributed by atoms with Crippen molar-refractivity contribution in [2.45, 2.75) is 13.0 Å². The number of ether oxygens (including phenoxy) is 2. The van der Waals surface area contributed by atoms with Gasteiger partial charge in [-0.2, -0.15) is 0 Å². The van der Waals surface area contributed by atoms with Gasteiger partial charge in [-0.25, -0.2) is 4.79 Å². The second-order valence-electron chi connectivity index (χ2n) is 3.74. The monoisotopic (exact) mass is 221 g/mol. The van der Waals surface area contributed by atoms with E-state index in [2.05, 4.69) is 5.32 Å². The van der Waals surface area contributed by atoms with Gasteiger partial charge in [0.05, 0.1) is 14.2 Å². The number of esters is 1. The Morgan fingerprint density at radius 1 is 1.31 bits per heavy atom. The number of hydrogen-bond acceptors (Lipinski definition) is 4. The lowest BCUT2D eigenvalue weighted by Crippen LogP contribution is -2.24. The molecule has 2 rings (SSSR count). The Morgan fingerprint density at radius 2 is 2.12 bits per heavy atom. The lowest BCUT2D eigenvalue weighted by atomic mass is 9.97. The SMILES string of the molecule is COC(=O)c1cc2c(cc1OC)CCNC2. The zero-order valence-electron chi connectivity index (χ0n) is 9.50. The van der Waals surface area contributed by atoms with Crippen LogP contribution < -0.4 is 10.1 Å². The highest BCUT2D eigenvalue weighted by Crippen LogP contribution is 2.26. The third kappa shape index (κ3) is 1.88. The highest BCUT2D eigenvalue weighted by atomic mass is 16.5. The summed E-state index contributed by atoms with van der Waals surface area (Å²) in [5.74, 6) is 0.234. The van der Waals surface area contributed by atoms with Crippen molar-refractivity contribution in [2.75, 3.05) is 20.8 Å². The lowest BCUT2D eigenvalue weighted by molar-refractivity contribution is 0.0597. The van der Waals surface area contributed by atoms with Crippen LogP contribution in [0.5, 0.6) is 5.75 Å². The van der Waals surface area contributed by atoms with Crippen LogP contribution in [0.3, 0.4) is 0 Å². The molecule has 0 amide bonds. The van der Waals surface area contributed by atoms with Crippen molar-refractivity contribution in [1.82, 2.24) is 5.32 Å². The summed E-state index contributed by atoms with van der Waals surface area (Å²) in [5, 5.41) is 3.27. The van der Waals surface area contributed by atoms with E-state index in [1.807, 2.05) is 12.1 Å². The molecule has 0 radical (unpaired) electrons. The molecule has 16 heavy (non-hydrogen) atoms. The topological polar surface area (TPSA) is 47.6 Å². The summed E-state index contributed by atoms with van der Waals surface area (Å²) in [4.78, 5) is 11.6. The molecule has 0 aromatic heterocycles. The van der Waals surface area contributed by atoms with E-state index in [-0.39, 0.29) is 5.97 Å². The van der Waals surface area contributed by atoms with Gasteiger partial charge in [0.15, 0.2) is 0 Å². The fraction of sp³-hybridized carbons (Fsp3) is 0.417. The van der Waals surface area contributed by atoms with E-state index < -0.39 is 0 Å². The van der Waals surface area contributed by atoms with Gasteiger partial charge in [-0.15, -0.1) is 0 Å². The smallest absolute Gasteiger partial charge is 0.341 e. The maximum absolute atomic E-state index is 11.6. The van der Waals surface area contributed by atoms with E-state index in [9.17, 15) is 4.79 Å². The summed E-state index contributed by atoms with van der Waals surface area (Å²) < 4.78 is 9.94. The van der Waals surface area contributed by atoms with Crippen molar-refractivity contribution in [3.05, 3.63) is 28.8 Å². The molecule has 1 N–H and O–H groups in total. The van der Waals surface area contributed by atoms with Crippen LogP contribution in [-0.4, -0.2) is 26.7 Å². The van der Waals surface area contributed by atoms with Crippen LogP contribution in [0.4, 0.5) is 0 Å². The molecule has 1 aromatic rings. The summed E-state index contributed by atoms with van der Waals surface area (Å²) in [6.45, 7) is 1.76. The van der Waals surface area contributed by atoms with E-state index in [4.69, 9.17) is 9.47 Å². The normalized spacial score (nSPS) is 14.1. The molecular weight excluding hydrogens is 206 g/mol. The molecule has 0 fully saturated rings. The van der Waals surface area contributed by atoms with E-state index in [1.54, 1.807) is 7.11 Å². The van der Waals surface area contributed by atoms with Crippen molar-refractivity contribution in [2.24, 2.45) is 0 Å². The first-order valence-electron chi connectivity index (χ1n) is 5.25. The van der Waals surface area contributed by atoms with Gasteiger partial charge in [-0.05, 0) is 36.2 Å². The highest BCUT2D eigenvalue weighted by Gasteiger charge is 2.18. The molecule has 4 heteroatoms. The minimum absolute atomic E-state index is 0.356. The van der Waals surface area contributed by atoms with E-state index in [0.29, 0.717) is 11.3 Å². The van der Waals surface area contributed by atoms with Crippen molar-refractivity contribution in [3.63, 3.8) is 0 Å². The van der Waals surface area contributed by atoms with Crippen LogP contribution in [0.15, 0.2) is 12.1 Å². The first-order chi connectivity index (χ1) is 7.76. The second kappa shape index (κ2) is 4.53. The second-order valence-corrected chi connectivity index (χ2v) is 3.74. The summed E-state index contributed by atoms with van der Waals surface area (Å²) in [5.41, 5.74) is 2.88. The average molecular weight is 221 g/mol. The number of rotatable bonds is 2. The number of carbonyl (C=O) groups excluding carboxylic acids is 1. The Kier molecular flexibility index (Phi) is 3.10. The first-order valence-corrected chi connectivity index (χ1v) is 5.25. The summed E-state index contributed by atoms with van der Waals surface area (Å²) in [7, 11) is 2.94. The number of carbonyl (C=O) groups is 1. The van der Waals surface area contributed by atoms with E-state index >= 15 is 0 Å². The Bertz CT molecular complexity index is 415. The molecule has 0 unspecified atom stereocenters. The lowest BCUT2D eigenvalue weighted by Gasteiger charge is -2.19. The summed E-state index contributed by atoms with van der Waals surface area (Å²) in [6.07, 6.45) is 0.965. The fourth-order valence-corrected chi connectivity index (χ4v) is 1.95. The Balaban J connectivity index is 2.47. The molecule has 0 bridgehead atoms. The molecule has 1 heterocycles. The zero-order chi connectivity index (χ0) is 11.5. The predicted molar refractivity (Wildman–Crippen MR) is 59.7 cm³/mol. The quantitative estimate of drug-likeness (QED) is 0.760. The molecule has 0 atom stereocenters. The minimum atomic E-state index is -0.356. The largest absolute Gasteiger partial charge is 0.496 e. The molecule has 0 aliphatic carbocycles. The Hall–Kier alpha value is -1.55. The Labute approximate surface area is 94.6 Å².